The number of aromatic nitrogens is 4. The largest absolute Gasteiger partial charge is 0.356 e. The Morgan fingerprint density at radius 3 is 2.73 bits per heavy atom. The fourth-order valence-electron chi connectivity index (χ4n) is 4.81. The Morgan fingerprint density at radius 2 is 1.94 bits per heavy atom. The van der Waals surface area contributed by atoms with Gasteiger partial charge in [-0.05, 0) is 37.5 Å². The molecule has 0 radical (unpaired) electrons. The van der Waals surface area contributed by atoms with Gasteiger partial charge in [0.15, 0.2) is 0 Å². The number of H-pyrrole nitrogens is 3. The molecule has 5 N–H and O–H groups in total. The van der Waals surface area contributed by atoms with Gasteiger partial charge in [-0.3, -0.25) is 29.5 Å². The summed E-state index contributed by atoms with van der Waals surface area (Å²) in [5.74, 6) is -0.0488. The molecule has 0 bridgehead atoms. The molecule has 5 rings (SSSR count). The summed E-state index contributed by atoms with van der Waals surface area (Å²) in [7, 11) is 0. The van der Waals surface area contributed by atoms with E-state index in [9.17, 15) is 19.2 Å². The highest BCUT2D eigenvalue weighted by Gasteiger charge is 2.43. The average molecular weight is 451 g/mol. The summed E-state index contributed by atoms with van der Waals surface area (Å²) in [5, 5.41) is 13.8. The van der Waals surface area contributed by atoms with Crippen LogP contribution in [-0.2, 0) is 4.79 Å². The predicted octanol–water partition coefficient (Wildman–Crippen LogP) is 0.377. The molecule has 11 heteroatoms. The molecule has 0 unspecified atom stereocenters. The van der Waals surface area contributed by atoms with E-state index in [2.05, 4.69) is 30.8 Å². The first kappa shape index (κ1) is 21.0. The van der Waals surface area contributed by atoms with E-state index in [1.807, 2.05) is 4.90 Å². The smallest absolute Gasteiger partial charge is 0.327 e. The number of aromatic amines is 3. The Balaban J connectivity index is 1.28. The second-order valence-electron chi connectivity index (χ2n) is 8.79. The lowest BCUT2D eigenvalue weighted by atomic mass is 9.94. The molecule has 2 fully saturated rings. The number of anilines is 1. The van der Waals surface area contributed by atoms with E-state index in [4.69, 9.17) is 0 Å². The minimum atomic E-state index is -0.950. The summed E-state index contributed by atoms with van der Waals surface area (Å²) < 4.78 is 0. The van der Waals surface area contributed by atoms with Crippen molar-refractivity contribution in [3.63, 3.8) is 0 Å². The third kappa shape index (κ3) is 4.13. The molecule has 33 heavy (non-hydrogen) atoms. The molecule has 3 heterocycles. The van der Waals surface area contributed by atoms with E-state index >= 15 is 0 Å². The van der Waals surface area contributed by atoms with E-state index in [0.29, 0.717) is 43.7 Å². The number of rotatable bonds is 5. The van der Waals surface area contributed by atoms with Crippen molar-refractivity contribution in [1.82, 2.24) is 30.8 Å². The molecule has 11 nitrogen and oxygen atoms in total. The van der Waals surface area contributed by atoms with Gasteiger partial charge in [-0.2, -0.15) is 5.10 Å². The van der Waals surface area contributed by atoms with Crippen LogP contribution >= 0.6 is 0 Å². The Morgan fingerprint density at radius 1 is 1.12 bits per heavy atom. The van der Waals surface area contributed by atoms with Crippen molar-refractivity contribution in [2.24, 2.45) is 0 Å². The molecular formula is C22H25N7O4. The zero-order valence-electron chi connectivity index (χ0n) is 17.9. The molecule has 1 aromatic carbocycles. The molecular weight excluding hydrogens is 426 g/mol. The topological polar surface area (TPSA) is 156 Å². The van der Waals surface area contributed by atoms with E-state index < -0.39 is 16.8 Å². The first-order chi connectivity index (χ1) is 15.9. The van der Waals surface area contributed by atoms with Crippen molar-refractivity contribution in [2.45, 2.75) is 43.7 Å². The number of amides is 2. The predicted molar refractivity (Wildman–Crippen MR) is 121 cm³/mol. The van der Waals surface area contributed by atoms with E-state index in [0.717, 1.165) is 23.7 Å². The van der Waals surface area contributed by atoms with Crippen LogP contribution in [0.25, 0.3) is 10.9 Å². The number of nitrogens with one attached hydrogen (secondary N) is 5. The molecule has 172 valence electrons. The van der Waals surface area contributed by atoms with Crippen molar-refractivity contribution in [2.75, 3.05) is 18.0 Å². The van der Waals surface area contributed by atoms with Crippen molar-refractivity contribution in [3.8, 4) is 0 Å². The normalized spacial score (nSPS) is 19.6. The lowest BCUT2D eigenvalue weighted by Crippen LogP contribution is -2.59. The molecule has 1 aliphatic heterocycles. The SMILES string of the molecule is O=C(NC1(C(=O)N[C@@H]2CCN(c3cc(=O)[nH]c(=O)[nH]3)C2)CCCC1)c1ccc2[nH]ncc2c1. The van der Waals surface area contributed by atoms with Crippen LogP contribution in [0, 0.1) is 0 Å². The van der Waals surface area contributed by atoms with Crippen LogP contribution in [0.1, 0.15) is 42.5 Å². The maximum Gasteiger partial charge on any atom is 0.327 e. The van der Waals surface area contributed by atoms with Crippen molar-refractivity contribution in [1.29, 1.82) is 0 Å². The fourth-order valence-corrected chi connectivity index (χ4v) is 4.81. The first-order valence-corrected chi connectivity index (χ1v) is 11.1. The number of nitrogens with zero attached hydrogens (tertiary/aromatic N) is 2. The Bertz CT molecular complexity index is 1290. The van der Waals surface area contributed by atoms with Gasteiger partial charge < -0.3 is 15.5 Å². The lowest BCUT2D eigenvalue weighted by Gasteiger charge is -2.30. The fraction of sp³-hybridized carbons (Fsp3) is 0.409. The summed E-state index contributed by atoms with van der Waals surface area (Å²) in [6.07, 6.45) is 5.21. The summed E-state index contributed by atoms with van der Waals surface area (Å²) in [4.78, 5) is 56.2. The highest BCUT2D eigenvalue weighted by atomic mass is 16.2. The lowest BCUT2D eigenvalue weighted by molar-refractivity contribution is -0.127. The summed E-state index contributed by atoms with van der Waals surface area (Å²) >= 11 is 0. The zero-order valence-corrected chi connectivity index (χ0v) is 17.9. The first-order valence-electron chi connectivity index (χ1n) is 11.1. The molecule has 3 aromatic rings. The van der Waals surface area contributed by atoms with Crippen LogP contribution in [0.4, 0.5) is 5.82 Å². The minimum absolute atomic E-state index is 0.156. The van der Waals surface area contributed by atoms with Crippen molar-refractivity contribution < 1.29 is 9.59 Å². The quantitative estimate of drug-likeness (QED) is 0.378. The van der Waals surface area contributed by atoms with E-state index in [1.165, 1.54) is 6.07 Å². The molecule has 1 aliphatic carbocycles. The van der Waals surface area contributed by atoms with Gasteiger partial charge in [-0.1, -0.05) is 12.8 Å². The zero-order chi connectivity index (χ0) is 23.0. The van der Waals surface area contributed by atoms with Gasteiger partial charge in [-0.15, -0.1) is 0 Å². The van der Waals surface area contributed by atoms with Crippen LogP contribution in [0.2, 0.25) is 0 Å². The molecule has 1 atom stereocenters. The number of fused-ring (bicyclic) bond motifs is 1. The number of carbonyl (C=O) groups excluding carboxylic acids is 2. The van der Waals surface area contributed by atoms with Crippen LogP contribution in [0.5, 0.6) is 0 Å². The van der Waals surface area contributed by atoms with Crippen LogP contribution < -0.4 is 26.8 Å². The number of hydrogen-bond donors (Lipinski definition) is 5. The number of benzene rings is 1. The van der Waals surface area contributed by atoms with Gasteiger partial charge in [0.25, 0.3) is 11.5 Å². The molecule has 2 amide bonds. The maximum absolute atomic E-state index is 13.3. The molecule has 2 aromatic heterocycles. The van der Waals surface area contributed by atoms with Crippen LogP contribution in [0.3, 0.4) is 0 Å². The van der Waals surface area contributed by atoms with E-state index in [1.54, 1.807) is 24.4 Å². The second-order valence-corrected chi connectivity index (χ2v) is 8.79. The minimum Gasteiger partial charge on any atom is -0.356 e. The van der Waals surface area contributed by atoms with E-state index in [-0.39, 0.29) is 17.9 Å². The number of carbonyl (C=O) groups is 2. The van der Waals surface area contributed by atoms with Gasteiger partial charge in [0.05, 0.1) is 11.7 Å². The average Bonchev–Trinajstić information content (AvgIpc) is 3.53. The maximum atomic E-state index is 13.3. The standard InChI is InChI=1S/C22H25N7O4/c30-18-10-17(25-21(33)26-18)29-8-5-15(12-29)24-20(32)22(6-1-2-7-22)27-19(31)13-3-4-16-14(9-13)11-23-28-16/h3-4,9-11,15H,1-2,5-8,12H2,(H,23,28)(H,24,32)(H,27,31)(H2,25,26,30,33)/t15-/m1/s1. The van der Waals surface area contributed by atoms with Gasteiger partial charge >= 0.3 is 5.69 Å². The Kier molecular flexibility index (Phi) is 5.23. The van der Waals surface area contributed by atoms with Crippen molar-refractivity contribution in [3.05, 3.63) is 56.9 Å². The molecule has 2 aliphatic rings. The van der Waals surface area contributed by atoms with Crippen LogP contribution in [0.15, 0.2) is 40.1 Å². The molecule has 1 saturated heterocycles. The highest BCUT2D eigenvalue weighted by molar-refractivity contribution is 6.01. The monoisotopic (exact) mass is 451 g/mol. The third-order valence-electron chi connectivity index (χ3n) is 6.56. The third-order valence-corrected chi connectivity index (χ3v) is 6.56. The summed E-state index contributed by atoms with van der Waals surface area (Å²) in [6, 6.07) is 6.45. The summed E-state index contributed by atoms with van der Waals surface area (Å²) in [6.45, 7) is 1.06. The summed E-state index contributed by atoms with van der Waals surface area (Å²) in [5.41, 5.74) is -0.664. The van der Waals surface area contributed by atoms with Crippen LogP contribution in [-0.4, -0.2) is 56.6 Å². The Hall–Kier alpha value is -3.89. The Labute approximate surface area is 188 Å². The second kappa shape index (κ2) is 8.23. The van der Waals surface area contributed by atoms with Gasteiger partial charge in [0, 0.05) is 36.1 Å². The van der Waals surface area contributed by atoms with Gasteiger partial charge in [0.2, 0.25) is 5.91 Å². The van der Waals surface area contributed by atoms with Crippen molar-refractivity contribution >= 4 is 28.5 Å². The molecule has 1 saturated carbocycles. The van der Waals surface area contributed by atoms with Gasteiger partial charge in [-0.25, -0.2) is 4.79 Å². The highest BCUT2D eigenvalue weighted by Crippen LogP contribution is 2.31. The molecule has 0 spiro atoms. The number of hydrogen-bond acceptors (Lipinski definition) is 6. The van der Waals surface area contributed by atoms with Gasteiger partial charge in [0.1, 0.15) is 11.4 Å².